The van der Waals surface area contributed by atoms with Crippen LogP contribution < -0.4 is 10.6 Å². The van der Waals surface area contributed by atoms with E-state index in [-0.39, 0.29) is 30.5 Å². The molecule has 0 aliphatic rings. The van der Waals surface area contributed by atoms with E-state index in [1.54, 1.807) is 6.07 Å². The molecule has 0 unspecified atom stereocenters. The van der Waals surface area contributed by atoms with Gasteiger partial charge in [0.05, 0.1) is 5.52 Å². The zero-order valence-corrected chi connectivity index (χ0v) is 14.2. The second-order valence-corrected chi connectivity index (χ2v) is 6.21. The van der Waals surface area contributed by atoms with E-state index in [9.17, 15) is 14.4 Å². The molecule has 134 valence electrons. The van der Waals surface area contributed by atoms with Crippen molar-refractivity contribution >= 4 is 28.7 Å². The van der Waals surface area contributed by atoms with Crippen molar-refractivity contribution in [3.63, 3.8) is 0 Å². The summed E-state index contributed by atoms with van der Waals surface area (Å²) in [5, 5.41) is 21.7. The van der Waals surface area contributed by atoms with Crippen molar-refractivity contribution in [3.05, 3.63) is 30.0 Å². The number of carbonyl (C=O) groups is 3. The lowest BCUT2D eigenvalue weighted by Crippen LogP contribution is -2.42. The molecule has 2 aromatic rings. The molecule has 8 heteroatoms. The number of aromatic nitrogens is 2. The van der Waals surface area contributed by atoms with Crippen LogP contribution in [0.5, 0.6) is 0 Å². The number of carboxylic acids is 1. The van der Waals surface area contributed by atoms with Crippen LogP contribution in [0.2, 0.25) is 0 Å². The first-order chi connectivity index (χ1) is 11.9. The van der Waals surface area contributed by atoms with E-state index in [0.717, 1.165) is 5.52 Å². The number of carboxylic acid groups (broad SMARTS) is 1. The highest BCUT2D eigenvalue weighted by atomic mass is 16.4. The molecule has 2 amide bonds. The third kappa shape index (κ3) is 5.03. The van der Waals surface area contributed by atoms with Crippen molar-refractivity contribution < 1.29 is 19.5 Å². The number of amides is 2. The number of nitrogens with zero attached hydrogens (tertiary/aromatic N) is 1. The van der Waals surface area contributed by atoms with Gasteiger partial charge in [-0.05, 0) is 18.4 Å². The van der Waals surface area contributed by atoms with Gasteiger partial charge in [0.15, 0.2) is 5.69 Å². The molecule has 0 spiro atoms. The maximum absolute atomic E-state index is 12.2. The van der Waals surface area contributed by atoms with E-state index in [1.165, 1.54) is 0 Å². The lowest BCUT2D eigenvalue weighted by atomic mass is 10.0. The Morgan fingerprint density at radius 2 is 1.96 bits per heavy atom. The van der Waals surface area contributed by atoms with Gasteiger partial charge in [0.25, 0.3) is 5.91 Å². The first-order valence-electron chi connectivity index (χ1n) is 8.12. The van der Waals surface area contributed by atoms with Gasteiger partial charge in [-0.1, -0.05) is 32.0 Å². The fourth-order valence-corrected chi connectivity index (χ4v) is 2.47. The fourth-order valence-electron chi connectivity index (χ4n) is 2.47. The molecule has 1 atom stereocenters. The highest BCUT2D eigenvalue weighted by molar-refractivity contribution is 6.04. The minimum atomic E-state index is -1.06. The Bertz CT molecular complexity index is 769. The average Bonchev–Trinajstić information content (AvgIpc) is 2.97. The minimum absolute atomic E-state index is 0.00400. The third-order valence-corrected chi connectivity index (χ3v) is 3.66. The molecule has 25 heavy (non-hydrogen) atoms. The summed E-state index contributed by atoms with van der Waals surface area (Å²) in [4.78, 5) is 35.2. The van der Waals surface area contributed by atoms with Gasteiger partial charge in [-0.25, -0.2) is 4.79 Å². The maximum atomic E-state index is 12.2. The van der Waals surface area contributed by atoms with Crippen molar-refractivity contribution in [2.75, 3.05) is 6.54 Å². The summed E-state index contributed by atoms with van der Waals surface area (Å²) in [7, 11) is 0. The van der Waals surface area contributed by atoms with E-state index < -0.39 is 17.9 Å². The van der Waals surface area contributed by atoms with Crippen LogP contribution in [0.1, 0.15) is 37.2 Å². The fraction of sp³-hybridized carbons (Fsp3) is 0.412. The van der Waals surface area contributed by atoms with Gasteiger partial charge in [-0.2, -0.15) is 5.10 Å². The lowest BCUT2D eigenvalue weighted by Gasteiger charge is -2.16. The van der Waals surface area contributed by atoms with Crippen LogP contribution in [0.3, 0.4) is 0 Å². The highest BCUT2D eigenvalue weighted by Crippen LogP contribution is 2.14. The Morgan fingerprint density at radius 3 is 2.64 bits per heavy atom. The van der Waals surface area contributed by atoms with Crippen molar-refractivity contribution in [2.45, 2.75) is 32.7 Å². The Labute approximate surface area is 145 Å². The van der Waals surface area contributed by atoms with Crippen molar-refractivity contribution in [3.8, 4) is 0 Å². The molecule has 0 fully saturated rings. The quantitative estimate of drug-likeness (QED) is 0.573. The van der Waals surface area contributed by atoms with Gasteiger partial charge in [0.1, 0.15) is 6.04 Å². The molecular formula is C17H22N4O4. The lowest BCUT2D eigenvalue weighted by molar-refractivity contribution is -0.142. The predicted octanol–water partition coefficient (Wildman–Crippen LogP) is 1.30. The molecule has 8 nitrogen and oxygen atoms in total. The highest BCUT2D eigenvalue weighted by Gasteiger charge is 2.21. The van der Waals surface area contributed by atoms with Crippen molar-refractivity contribution in [2.24, 2.45) is 5.92 Å². The van der Waals surface area contributed by atoms with Crippen LogP contribution in [-0.4, -0.2) is 45.7 Å². The largest absolute Gasteiger partial charge is 0.480 e. The summed E-state index contributed by atoms with van der Waals surface area (Å²) >= 11 is 0. The number of rotatable bonds is 8. The normalized spacial score (nSPS) is 12.1. The van der Waals surface area contributed by atoms with Gasteiger partial charge in [-0.15, -0.1) is 0 Å². The molecule has 0 radical (unpaired) electrons. The molecule has 0 saturated heterocycles. The molecule has 0 saturated carbocycles. The molecule has 2 rings (SSSR count). The van der Waals surface area contributed by atoms with Crippen LogP contribution in [0.15, 0.2) is 24.3 Å². The number of hydrogen-bond acceptors (Lipinski definition) is 4. The average molecular weight is 346 g/mol. The number of aliphatic carboxylic acids is 1. The molecule has 0 bridgehead atoms. The molecule has 0 aliphatic heterocycles. The van der Waals surface area contributed by atoms with Crippen molar-refractivity contribution in [1.29, 1.82) is 0 Å². The summed E-state index contributed by atoms with van der Waals surface area (Å²) in [5.41, 5.74) is 1.02. The van der Waals surface area contributed by atoms with E-state index >= 15 is 0 Å². The SMILES string of the molecule is CC(C)C[C@@H](NC(=O)CCNC(=O)c1n[nH]c2ccccc12)C(=O)O. The van der Waals surface area contributed by atoms with E-state index in [1.807, 2.05) is 32.0 Å². The second-order valence-electron chi connectivity index (χ2n) is 6.21. The second kappa shape index (κ2) is 8.27. The molecular weight excluding hydrogens is 324 g/mol. The Balaban J connectivity index is 1.84. The number of benzene rings is 1. The minimum Gasteiger partial charge on any atom is -0.480 e. The standard InChI is InChI=1S/C17H22N4O4/c1-10(2)9-13(17(24)25)19-14(22)7-8-18-16(23)15-11-5-3-4-6-12(11)20-21-15/h3-6,10,13H,7-9H2,1-2H3,(H,18,23)(H,19,22)(H,20,21)(H,24,25)/t13-/m1/s1. The zero-order valence-electron chi connectivity index (χ0n) is 14.2. The van der Waals surface area contributed by atoms with Gasteiger partial charge in [0, 0.05) is 18.4 Å². The number of H-pyrrole nitrogens is 1. The van der Waals surface area contributed by atoms with Gasteiger partial charge >= 0.3 is 5.97 Å². The maximum Gasteiger partial charge on any atom is 0.326 e. The Hall–Kier alpha value is -2.90. The van der Waals surface area contributed by atoms with Crippen LogP contribution in [0.4, 0.5) is 0 Å². The van der Waals surface area contributed by atoms with Crippen LogP contribution in [0, 0.1) is 5.92 Å². The predicted molar refractivity (Wildman–Crippen MR) is 92.1 cm³/mol. The Kier molecular flexibility index (Phi) is 6.10. The molecule has 1 aromatic carbocycles. The van der Waals surface area contributed by atoms with Crippen LogP contribution >= 0.6 is 0 Å². The van der Waals surface area contributed by atoms with E-state index in [2.05, 4.69) is 20.8 Å². The summed E-state index contributed by atoms with van der Waals surface area (Å²) in [5.74, 6) is -1.72. The van der Waals surface area contributed by atoms with E-state index in [0.29, 0.717) is 11.8 Å². The number of fused-ring (bicyclic) bond motifs is 1. The first kappa shape index (κ1) is 18.4. The number of aromatic amines is 1. The third-order valence-electron chi connectivity index (χ3n) is 3.66. The first-order valence-corrected chi connectivity index (χ1v) is 8.12. The smallest absolute Gasteiger partial charge is 0.326 e. The molecule has 0 aliphatic carbocycles. The number of nitrogens with one attached hydrogen (secondary N) is 3. The van der Waals surface area contributed by atoms with Gasteiger partial charge in [-0.3, -0.25) is 14.7 Å². The monoisotopic (exact) mass is 346 g/mol. The summed E-state index contributed by atoms with van der Waals surface area (Å²) < 4.78 is 0. The number of hydrogen-bond donors (Lipinski definition) is 4. The summed E-state index contributed by atoms with van der Waals surface area (Å²) in [6.45, 7) is 3.87. The van der Waals surface area contributed by atoms with Crippen LogP contribution in [0.25, 0.3) is 10.9 Å². The van der Waals surface area contributed by atoms with Gasteiger partial charge in [0.2, 0.25) is 5.91 Å². The van der Waals surface area contributed by atoms with E-state index in [4.69, 9.17) is 5.11 Å². The summed E-state index contributed by atoms with van der Waals surface area (Å²) in [6, 6.07) is 6.32. The number of carbonyl (C=O) groups excluding carboxylic acids is 2. The molecule has 1 heterocycles. The molecule has 4 N–H and O–H groups in total. The topological polar surface area (TPSA) is 124 Å². The van der Waals surface area contributed by atoms with Gasteiger partial charge < -0.3 is 15.7 Å². The summed E-state index contributed by atoms with van der Waals surface area (Å²) in [6.07, 6.45) is 0.350. The number of para-hydroxylation sites is 1. The zero-order chi connectivity index (χ0) is 18.4. The van der Waals surface area contributed by atoms with Crippen LogP contribution in [-0.2, 0) is 9.59 Å². The van der Waals surface area contributed by atoms with Crippen molar-refractivity contribution in [1.82, 2.24) is 20.8 Å². The Morgan fingerprint density at radius 1 is 1.24 bits per heavy atom. The molecule has 1 aromatic heterocycles.